The Balaban J connectivity index is 2.88. The summed E-state index contributed by atoms with van der Waals surface area (Å²) in [6.45, 7) is 0. The van der Waals surface area contributed by atoms with Crippen molar-refractivity contribution in [3.63, 3.8) is 0 Å². The van der Waals surface area contributed by atoms with E-state index >= 15 is 0 Å². The SMILES string of the molecule is Oc1ccc(O[Si])cc1. The average molecular weight is 137 g/mol. The standard InChI is InChI=1S/C6H5O2Si/c7-5-1-3-6(8-9)4-2-5/h1-4,7H. The van der Waals surface area contributed by atoms with Gasteiger partial charge >= 0.3 is 10.5 Å². The topological polar surface area (TPSA) is 29.5 Å². The van der Waals surface area contributed by atoms with Crippen molar-refractivity contribution in [2.24, 2.45) is 0 Å². The van der Waals surface area contributed by atoms with Gasteiger partial charge in [0.2, 0.25) is 0 Å². The molecule has 0 aliphatic carbocycles. The van der Waals surface area contributed by atoms with Crippen LogP contribution < -0.4 is 4.43 Å². The molecular weight excluding hydrogens is 132 g/mol. The summed E-state index contributed by atoms with van der Waals surface area (Å²) in [7, 11) is 2.85. The maximum atomic E-state index is 8.78. The highest BCUT2D eigenvalue weighted by molar-refractivity contribution is 5.99. The van der Waals surface area contributed by atoms with Gasteiger partial charge in [0.25, 0.3) is 0 Å². The number of aromatic hydroxyl groups is 1. The smallest absolute Gasteiger partial charge is 0.341 e. The molecule has 3 radical (unpaired) electrons. The molecule has 0 fully saturated rings. The molecule has 0 heterocycles. The zero-order valence-corrected chi connectivity index (χ0v) is 5.66. The van der Waals surface area contributed by atoms with Crippen LogP contribution in [-0.4, -0.2) is 15.6 Å². The third kappa shape index (κ3) is 1.47. The maximum absolute atomic E-state index is 8.78. The van der Waals surface area contributed by atoms with E-state index in [-0.39, 0.29) is 5.75 Å². The van der Waals surface area contributed by atoms with Crippen LogP contribution in [0.5, 0.6) is 11.5 Å². The Kier molecular flexibility index (Phi) is 1.74. The fraction of sp³-hybridized carbons (Fsp3) is 0. The Morgan fingerprint density at radius 1 is 1.22 bits per heavy atom. The summed E-state index contributed by atoms with van der Waals surface area (Å²) in [5, 5.41) is 8.78. The quantitative estimate of drug-likeness (QED) is 0.581. The van der Waals surface area contributed by atoms with Crippen LogP contribution in [0.3, 0.4) is 0 Å². The van der Waals surface area contributed by atoms with Gasteiger partial charge in [-0.05, 0) is 24.3 Å². The largest absolute Gasteiger partial charge is 0.540 e. The molecule has 0 amide bonds. The monoisotopic (exact) mass is 137 g/mol. The predicted molar refractivity (Wildman–Crippen MR) is 34.5 cm³/mol. The highest BCUT2D eigenvalue weighted by Crippen LogP contribution is 2.14. The molecule has 2 nitrogen and oxygen atoms in total. The van der Waals surface area contributed by atoms with Crippen LogP contribution >= 0.6 is 0 Å². The Morgan fingerprint density at radius 3 is 2.22 bits per heavy atom. The Morgan fingerprint density at radius 2 is 1.78 bits per heavy atom. The van der Waals surface area contributed by atoms with Crippen molar-refractivity contribution in [3.05, 3.63) is 24.3 Å². The lowest BCUT2D eigenvalue weighted by molar-refractivity contribution is 0.474. The van der Waals surface area contributed by atoms with Crippen molar-refractivity contribution in [1.82, 2.24) is 0 Å². The first kappa shape index (κ1) is 6.16. The van der Waals surface area contributed by atoms with E-state index in [1.54, 1.807) is 24.3 Å². The van der Waals surface area contributed by atoms with E-state index in [0.29, 0.717) is 5.75 Å². The minimum absolute atomic E-state index is 0.238. The second-order valence-electron chi connectivity index (χ2n) is 1.60. The first-order valence-corrected chi connectivity index (χ1v) is 2.86. The van der Waals surface area contributed by atoms with Crippen LogP contribution in [0.25, 0.3) is 0 Å². The van der Waals surface area contributed by atoms with Crippen LogP contribution in [0.4, 0.5) is 0 Å². The van der Waals surface area contributed by atoms with Gasteiger partial charge in [0.15, 0.2) is 0 Å². The summed E-state index contributed by atoms with van der Waals surface area (Å²) >= 11 is 0. The first-order valence-electron chi connectivity index (χ1n) is 2.45. The Bertz CT molecular complexity index is 183. The summed E-state index contributed by atoms with van der Waals surface area (Å²) in [5.41, 5.74) is 0. The second kappa shape index (κ2) is 2.55. The summed E-state index contributed by atoms with van der Waals surface area (Å²) < 4.78 is 4.66. The molecule has 1 rings (SSSR count). The molecule has 0 saturated heterocycles. The zero-order chi connectivity index (χ0) is 6.69. The van der Waals surface area contributed by atoms with Gasteiger partial charge in [-0.15, -0.1) is 0 Å². The molecule has 0 bridgehead atoms. The lowest BCUT2D eigenvalue weighted by atomic mass is 10.3. The van der Waals surface area contributed by atoms with Crippen molar-refractivity contribution in [2.75, 3.05) is 0 Å². The van der Waals surface area contributed by atoms with Crippen LogP contribution in [0, 0.1) is 0 Å². The summed E-state index contributed by atoms with van der Waals surface area (Å²) in [6.07, 6.45) is 0. The molecule has 0 atom stereocenters. The predicted octanol–water partition coefficient (Wildman–Crippen LogP) is 0.855. The molecule has 1 N–H and O–H groups in total. The number of phenols is 1. The number of hydrogen-bond donors (Lipinski definition) is 1. The van der Waals surface area contributed by atoms with E-state index in [4.69, 9.17) is 5.11 Å². The van der Waals surface area contributed by atoms with Gasteiger partial charge in [-0.2, -0.15) is 0 Å². The summed E-state index contributed by atoms with van der Waals surface area (Å²) in [5.74, 6) is 0.909. The molecule has 0 saturated carbocycles. The van der Waals surface area contributed by atoms with Crippen molar-refractivity contribution in [2.45, 2.75) is 0 Å². The van der Waals surface area contributed by atoms with E-state index in [1.807, 2.05) is 0 Å². The van der Waals surface area contributed by atoms with Gasteiger partial charge in [0.1, 0.15) is 11.5 Å². The number of hydrogen-bond acceptors (Lipinski definition) is 2. The van der Waals surface area contributed by atoms with Crippen molar-refractivity contribution in [1.29, 1.82) is 0 Å². The lowest BCUT2D eigenvalue weighted by Gasteiger charge is -1.96. The number of phenolic OH excluding ortho intramolecular Hbond substituents is 1. The average Bonchev–Trinajstić information content (AvgIpc) is 1.90. The molecule has 1 aromatic rings. The summed E-state index contributed by atoms with van der Waals surface area (Å²) in [6, 6.07) is 6.41. The number of benzene rings is 1. The molecule has 0 aliphatic heterocycles. The molecular formula is C6H5O2Si. The maximum Gasteiger partial charge on any atom is 0.341 e. The third-order valence-corrected chi connectivity index (χ3v) is 1.19. The normalized spacial score (nSPS) is 9.00. The van der Waals surface area contributed by atoms with E-state index in [2.05, 4.69) is 14.9 Å². The van der Waals surface area contributed by atoms with Gasteiger partial charge in [0, 0.05) is 0 Å². The minimum atomic E-state index is 0.238. The fourth-order valence-electron chi connectivity index (χ4n) is 0.514. The van der Waals surface area contributed by atoms with Gasteiger partial charge in [-0.3, -0.25) is 0 Å². The van der Waals surface area contributed by atoms with E-state index in [1.165, 1.54) is 0 Å². The number of rotatable bonds is 1. The van der Waals surface area contributed by atoms with E-state index in [0.717, 1.165) is 0 Å². The van der Waals surface area contributed by atoms with E-state index < -0.39 is 0 Å². The molecule has 9 heavy (non-hydrogen) atoms. The Labute approximate surface area is 56.6 Å². The van der Waals surface area contributed by atoms with Crippen molar-refractivity contribution >= 4 is 10.5 Å². The van der Waals surface area contributed by atoms with Crippen LogP contribution in [0.15, 0.2) is 24.3 Å². The molecule has 0 spiro atoms. The van der Waals surface area contributed by atoms with Crippen LogP contribution in [0.2, 0.25) is 0 Å². The Hall–Kier alpha value is -0.963. The highest BCUT2D eigenvalue weighted by Gasteiger charge is 1.87. The molecule has 1 aromatic carbocycles. The second-order valence-corrected chi connectivity index (χ2v) is 1.80. The molecule has 45 valence electrons. The van der Waals surface area contributed by atoms with Crippen LogP contribution in [0.1, 0.15) is 0 Å². The third-order valence-electron chi connectivity index (χ3n) is 0.955. The van der Waals surface area contributed by atoms with Crippen LogP contribution in [-0.2, 0) is 0 Å². The van der Waals surface area contributed by atoms with Crippen molar-refractivity contribution < 1.29 is 9.53 Å². The van der Waals surface area contributed by atoms with Gasteiger partial charge in [-0.1, -0.05) is 0 Å². The molecule has 0 aliphatic rings. The minimum Gasteiger partial charge on any atom is -0.540 e. The molecule has 3 heteroatoms. The van der Waals surface area contributed by atoms with Crippen molar-refractivity contribution in [3.8, 4) is 11.5 Å². The van der Waals surface area contributed by atoms with E-state index in [9.17, 15) is 0 Å². The van der Waals surface area contributed by atoms with Gasteiger partial charge < -0.3 is 9.53 Å². The summed E-state index contributed by atoms with van der Waals surface area (Å²) in [4.78, 5) is 0. The highest BCUT2D eigenvalue weighted by atomic mass is 28.2. The fourth-order valence-corrected chi connectivity index (χ4v) is 0.650. The first-order chi connectivity index (χ1) is 4.33. The van der Waals surface area contributed by atoms with Gasteiger partial charge in [0.05, 0.1) is 0 Å². The lowest BCUT2D eigenvalue weighted by Crippen LogP contribution is -1.82. The molecule has 0 aromatic heterocycles. The molecule has 0 unspecified atom stereocenters. The zero-order valence-electron chi connectivity index (χ0n) is 4.66. The van der Waals surface area contributed by atoms with Gasteiger partial charge in [-0.25, -0.2) is 0 Å².